The third-order valence-electron chi connectivity index (χ3n) is 1.89. The van der Waals surface area contributed by atoms with E-state index in [0.717, 1.165) is 0 Å². The van der Waals surface area contributed by atoms with Crippen molar-refractivity contribution >= 4 is 35.6 Å². The van der Waals surface area contributed by atoms with Gasteiger partial charge < -0.3 is 16.4 Å². The molecule has 0 fully saturated rings. The Bertz CT molecular complexity index is 343. The summed E-state index contributed by atoms with van der Waals surface area (Å²) in [7, 11) is 0. The van der Waals surface area contributed by atoms with Gasteiger partial charge in [0, 0.05) is 37.0 Å². The van der Waals surface area contributed by atoms with Crippen LogP contribution < -0.4 is 16.4 Å². The van der Waals surface area contributed by atoms with Crippen LogP contribution >= 0.6 is 23.7 Å². The molecule has 0 spiro atoms. The Hall–Kier alpha value is -1.11. The molecular weight excluding hydrogens is 262 g/mol. The Kier molecular flexibility index (Phi) is 8.39. The average Bonchev–Trinajstić information content (AvgIpc) is 2.79. The number of halogens is 1. The molecule has 0 aliphatic rings. The Labute approximate surface area is 110 Å². The lowest BCUT2D eigenvalue weighted by Gasteiger charge is -2.04. The van der Waals surface area contributed by atoms with Crippen molar-refractivity contribution in [1.29, 1.82) is 0 Å². The largest absolute Gasteiger partial charge is 0.355 e. The Balaban J connectivity index is 0.00000256. The number of thiophene rings is 1. The molecule has 7 heteroatoms. The summed E-state index contributed by atoms with van der Waals surface area (Å²) in [5, 5.41) is 8.90. The SMILES string of the molecule is Cl.NCCNC(=O)CCNC(=O)c1ccsc1. The molecule has 17 heavy (non-hydrogen) atoms. The minimum absolute atomic E-state index is 0. The summed E-state index contributed by atoms with van der Waals surface area (Å²) in [4.78, 5) is 22.6. The first-order valence-corrected chi connectivity index (χ1v) is 5.95. The van der Waals surface area contributed by atoms with E-state index >= 15 is 0 Å². The fourth-order valence-corrected chi connectivity index (χ4v) is 1.72. The molecular formula is C10H16ClN3O2S. The minimum Gasteiger partial charge on any atom is -0.355 e. The van der Waals surface area contributed by atoms with Gasteiger partial charge in [0.25, 0.3) is 5.91 Å². The molecule has 0 saturated heterocycles. The Morgan fingerprint density at radius 1 is 1.29 bits per heavy atom. The third-order valence-corrected chi connectivity index (χ3v) is 2.57. The van der Waals surface area contributed by atoms with Crippen molar-refractivity contribution in [2.24, 2.45) is 5.73 Å². The molecule has 0 unspecified atom stereocenters. The van der Waals surface area contributed by atoms with Gasteiger partial charge in [-0.3, -0.25) is 9.59 Å². The smallest absolute Gasteiger partial charge is 0.252 e. The summed E-state index contributed by atoms with van der Waals surface area (Å²) in [5.74, 6) is -0.246. The van der Waals surface area contributed by atoms with Gasteiger partial charge in [-0.15, -0.1) is 12.4 Å². The normalized spacial score (nSPS) is 9.24. The Morgan fingerprint density at radius 2 is 2.06 bits per heavy atom. The van der Waals surface area contributed by atoms with Crippen molar-refractivity contribution in [2.75, 3.05) is 19.6 Å². The zero-order chi connectivity index (χ0) is 11.8. The Morgan fingerprint density at radius 3 is 2.65 bits per heavy atom. The zero-order valence-electron chi connectivity index (χ0n) is 9.27. The molecule has 1 aromatic heterocycles. The average molecular weight is 278 g/mol. The molecule has 0 aromatic carbocycles. The van der Waals surface area contributed by atoms with Gasteiger partial charge in [0.2, 0.25) is 5.91 Å². The van der Waals surface area contributed by atoms with Crippen LogP contribution in [0.15, 0.2) is 16.8 Å². The molecule has 1 aromatic rings. The van der Waals surface area contributed by atoms with Crippen molar-refractivity contribution in [3.63, 3.8) is 0 Å². The van der Waals surface area contributed by atoms with Crippen LogP contribution in [0.2, 0.25) is 0 Å². The van der Waals surface area contributed by atoms with Crippen LogP contribution in [0.4, 0.5) is 0 Å². The van der Waals surface area contributed by atoms with Crippen molar-refractivity contribution in [2.45, 2.75) is 6.42 Å². The van der Waals surface area contributed by atoms with Gasteiger partial charge >= 0.3 is 0 Å². The van der Waals surface area contributed by atoms with Gasteiger partial charge in [-0.25, -0.2) is 0 Å². The predicted molar refractivity (Wildman–Crippen MR) is 70.6 cm³/mol. The molecule has 0 bridgehead atoms. The summed E-state index contributed by atoms with van der Waals surface area (Å²) in [6.45, 7) is 1.23. The number of amides is 2. The highest BCUT2D eigenvalue weighted by Crippen LogP contribution is 2.04. The predicted octanol–water partition coefficient (Wildman–Crippen LogP) is 0.365. The second kappa shape index (κ2) is 8.98. The molecule has 1 heterocycles. The molecule has 0 atom stereocenters. The first-order chi connectivity index (χ1) is 7.74. The molecule has 1 rings (SSSR count). The van der Waals surface area contributed by atoms with E-state index in [1.807, 2.05) is 5.38 Å². The molecule has 0 saturated carbocycles. The number of carbonyl (C=O) groups is 2. The monoisotopic (exact) mass is 277 g/mol. The lowest BCUT2D eigenvalue weighted by molar-refractivity contribution is -0.120. The van der Waals surface area contributed by atoms with E-state index in [0.29, 0.717) is 25.2 Å². The molecule has 4 N–H and O–H groups in total. The van der Waals surface area contributed by atoms with Gasteiger partial charge in [0.15, 0.2) is 0 Å². The number of rotatable bonds is 6. The number of hydrogen-bond acceptors (Lipinski definition) is 4. The van der Waals surface area contributed by atoms with Crippen molar-refractivity contribution < 1.29 is 9.59 Å². The second-order valence-corrected chi connectivity index (χ2v) is 3.94. The zero-order valence-corrected chi connectivity index (χ0v) is 10.9. The fourth-order valence-electron chi connectivity index (χ4n) is 1.09. The fraction of sp³-hybridized carbons (Fsp3) is 0.400. The van der Waals surface area contributed by atoms with E-state index < -0.39 is 0 Å². The highest BCUT2D eigenvalue weighted by atomic mass is 35.5. The van der Waals surface area contributed by atoms with Crippen LogP contribution in [-0.4, -0.2) is 31.4 Å². The van der Waals surface area contributed by atoms with Crippen molar-refractivity contribution in [3.05, 3.63) is 22.4 Å². The molecule has 0 aliphatic heterocycles. The lowest BCUT2D eigenvalue weighted by Crippen LogP contribution is -2.33. The highest BCUT2D eigenvalue weighted by Gasteiger charge is 2.05. The number of nitrogens with one attached hydrogen (secondary N) is 2. The molecule has 5 nitrogen and oxygen atoms in total. The first kappa shape index (κ1) is 15.9. The third kappa shape index (κ3) is 6.25. The number of carbonyl (C=O) groups excluding carboxylic acids is 2. The number of nitrogens with two attached hydrogens (primary N) is 1. The standard InChI is InChI=1S/C10H15N3O2S.ClH/c11-3-5-12-9(14)1-4-13-10(15)8-2-6-16-7-8;/h2,6-7H,1,3-5,11H2,(H,12,14)(H,13,15);1H. The van der Waals surface area contributed by atoms with Crippen LogP contribution in [0.3, 0.4) is 0 Å². The van der Waals surface area contributed by atoms with Crippen LogP contribution in [-0.2, 0) is 4.79 Å². The van der Waals surface area contributed by atoms with E-state index in [1.54, 1.807) is 11.4 Å². The summed E-state index contributed by atoms with van der Waals surface area (Å²) in [6, 6.07) is 1.74. The maximum atomic E-state index is 11.4. The van der Waals surface area contributed by atoms with Gasteiger partial charge in [-0.1, -0.05) is 0 Å². The number of hydrogen-bond donors (Lipinski definition) is 3. The van der Waals surface area contributed by atoms with Crippen LogP contribution in [0, 0.1) is 0 Å². The lowest BCUT2D eigenvalue weighted by atomic mass is 10.3. The maximum Gasteiger partial charge on any atom is 0.252 e. The summed E-state index contributed by atoms with van der Waals surface area (Å²) in [5.41, 5.74) is 5.87. The van der Waals surface area contributed by atoms with Crippen molar-refractivity contribution in [1.82, 2.24) is 10.6 Å². The topological polar surface area (TPSA) is 84.2 Å². The van der Waals surface area contributed by atoms with Gasteiger partial charge in [-0.05, 0) is 11.4 Å². The van der Waals surface area contributed by atoms with Crippen LogP contribution in [0.1, 0.15) is 16.8 Å². The van der Waals surface area contributed by atoms with E-state index in [4.69, 9.17) is 5.73 Å². The van der Waals surface area contributed by atoms with Crippen LogP contribution in [0.25, 0.3) is 0 Å². The van der Waals surface area contributed by atoms with E-state index in [-0.39, 0.29) is 30.6 Å². The maximum absolute atomic E-state index is 11.4. The van der Waals surface area contributed by atoms with Gasteiger partial charge in [-0.2, -0.15) is 11.3 Å². The van der Waals surface area contributed by atoms with E-state index in [9.17, 15) is 9.59 Å². The molecule has 96 valence electrons. The molecule has 0 radical (unpaired) electrons. The highest BCUT2D eigenvalue weighted by molar-refractivity contribution is 7.08. The van der Waals surface area contributed by atoms with Gasteiger partial charge in [0.1, 0.15) is 0 Å². The van der Waals surface area contributed by atoms with Crippen LogP contribution in [0.5, 0.6) is 0 Å². The first-order valence-electron chi connectivity index (χ1n) is 5.01. The molecule has 0 aliphatic carbocycles. The van der Waals surface area contributed by atoms with Crippen molar-refractivity contribution in [3.8, 4) is 0 Å². The van der Waals surface area contributed by atoms with E-state index in [1.165, 1.54) is 11.3 Å². The van der Waals surface area contributed by atoms with E-state index in [2.05, 4.69) is 10.6 Å². The minimum atomic E-state index is -0.145. The summed E-state index contributed by atoms with van der Waals surface area (Å²) >= 11 is 1.46. The second-order valence-electron chi connectivity index (χ2n) is 3.16. The summed E-state index contributed by atoms with van der Waals surface area (Å²) in [6.07, 6.45) is 0.274. The van der Waals surface area contributed by atoms with Gasteiger partial charge in [0.05, 0.1) is 0 Å². The summed E-state index contributed by atoms with van der Waals surface area (Å²) < 4.78 is 0. The molecule has 2 amide bonds. The quantitative estimate of drug-likeness (QED) is 0.702.